The number of hydrogen-bond acceptors (Lipinski definition) is 2. The number of rotatable bonds is 1. The van der Waals surface area contributed by atoms with Crippen molar-refractivity contribution in [3.8, 4) is 5.75 Å². The van der Waals surface area contributed by atoms with E-state index in [1.54, 1.807) is 6.07 Å². The van der Waals surface area contributed by atoms with Gasteiger partial charge in [-0.1, -0.05) is 32.4 Å². The van der Waals surface area contributed by atoms with Gasteiger partial charge in [-0.05, 0) is 48.4 Å². The van der Waals surface area contributed by atoms with Crippen LogP contribution in [0.4, 0.5) is 0 Å². The average molecular weight is 270 g/mol. The van der Waals surface area contributed by atoms with E-state index in [-0.39, 0.29) is 16.9 Å². The van der Waals surface area contributed by atoms with E-state index in [1.807, 2.05) is 6.92 Å². The number of aromatic hydroxyl groups is 1. The van der Waals surface area contributed by atoms with Gasteiger partial charge in [0.2, 0.25) is 0 Å². The zero-order valence-electron chi connectivity index (χ0n) is 12.7. The molecule has 20 heavy (non-hydrogen) atoms. The third-order valence-electron chi connectivity index (χ3n) is 4.93. The zero-order chi connectivity index (χ0) is 14.7. The number of carbonyl (C=O) groups is 1. The summed E-state index contributed by atoms with van der Waals surface area (Å²) < 4.78 is 0. The highest BCUT2D eigenvalue weighted by atomic mass is 16.3. The molecule has 1 N–H and O–H groups in total. The largest absolute Gasteiger partial charge is 0.507 e. The summed E-state index contributed by atoms with van der Waals surface area (Å²) in [6, 6.07) is 3.78. The number of phenolic OH excluding ortho intramolecular Hbond substituents is 1. The van der Waals surface area contributed by atoms with Crippen molar-refractivity contribution >= 4 is 11.4 Å². The maximum absolute atomic E-state index is 12.5. The van der Waals surface area contributed by atoms with E-state index >= 15 is 0 Å². The molecule has 0 radical (unpaired) electrons. The van der Waals surface area contributed by atoms with Crippen LogP contribution in [0.2, 0.25) is 0 Å². The first kappa shape index (κ1) is 13.4. The Kier molecular flexibility index (Phi) is 2.82. The maximum Gasteiger partial charge on any atom is 0.168 e. The molecule has 0 saturated heterocycles. The lowest BCUT2D eigenvalue weighted by Crippen LogP contribution is -2.27. The van der Waals surface area contributed by atoms with Crippen LogP contribution in [-0.2, 0) is 0 Å². The van der Waals surface area contributed by atoms with Crippen LogP contribution in [0.5, 0.6) is 5.75 Å². The molecule has 3 rings (SSSR count). The molecule has 0 aliphatic heterocycles. The number of aryl methyl sites for hydroxylation is 1. The van der Waals surface area contributed by atoms with Crippen molar-refractivity contribution in [2.24, 2.45) is 11.3 Å². The first-order valence-corrected chi connectivity index (χ1v) is 7.44. The molecular formula is C18H22O2. The minimum Gasteiger partial charge on any atom is -0.507 e. The monoisotopic (exact) mass is 270 g/mol. The van der Waals surface area contributed by atoms with Gasteiger partial charge in [-0.15, -0.1) is 0 Å². The lowest BCUT2D eigenvalue weighted by Gasteiger charge is -2.34. The fourth-order valence-electron chi connectivity index (χ4n) is 4.00. The number of fused-ring (bicyclic) bond motifs is 3. The molecule has 2 aliphatic rings. The lowest BCUT2D eigenvalue weighted by atomic mass is 9.68. The number of carbonyl (C=O) groups excluding carboxylic acids is 1. The summed E-state index contributed by atoms with van der Waals surface area (Å²) in [6.45, 7) is 8.62. The molecular weight excluding hydrogens is 248 g/mol. The number of Topliss-reactive ketones (excluding diaryl/α,β-unsaturated/α-hetero) is 1. The average Bonchev–Trinajstić information content (AvgIpc) is 2.65. The lowest BCUT2D eigenvalue weighted by molar-refractivity contribution is 0.0936. The molecule has 106 valence electrons. The normalized spacial score (nSPS) is 25.1. The number of ketones is 1. The van der Waals surface area contributed by atoms with Crippen molar-refractivity contribution in [2.45, 2.75) is 47.0 Å². The van der Waals surface area contributed by atoms with Gasteiger partial charge in [0, 0.05) is 11.8 Å². The molecule has 1 atom stereocenters. The Morgan fingerprint density at radius 1 is 1.30 bits per heavy atom. The van der Waals surface area contributed by atoms with Crippen molar-refractivity contribution in [3.05, 3.63) is 34.4 Å². The van der Waals surface area contributed by atoms with Gasteiger partial charge in [-0.2, -0.15) is 0 Å². The topological polar surface area (TPSA) is 37.3 Å². The van der Waals surface area contributed by atoms with Gasteiger partial charge in [0.05, 0.1) is 5.56 Å². The quantitative estimate of drug-likeness (QED) is 0.816. The van der Waals surface area contributed by atoms with Crippen LogP contribution in [-0.4, -0.2) is 10.9 Å². The second-order valence-corrected chi connectivity index (χ2v) is 6.92. The molecule has 2 nitrogen and oxygen atoms in total. The molecule has 0 saturated carbocycles. The second kappa shape index (κ2) is 4.21. The van der Waals surface area contributed by atoms with Crippen molar-refractivity contribution in [1.82, 2.24) is 0 Å². The summed E-state index contributed by atoms with van der Waals surface area (Å²) in [5.74, 6) is 0.735. The van der Waals surface area contributed by atoms with Gasteiger partial charge in [-0.25, -0.2) is 0 Å². The Hall–Kier alpha value is -1.57. The highest BCUT2D eigenvalue weighted by molar-refractivity contribution is 6.08. The summed E-state index contributed by atoms with van der Waals surface area (Å²) in [5.41, 5.74) is 5.31. The summed E-state index contributed by atoms with van der Waals surface area (Å²) in [6.07, 6.45) is 2.66. The molecule has 1 aromatic carbocycles. The fraction of sp³-hybridized carbons (Fsp3) is 0.500. The van der Waals surface area contributed by atoms with Crippen LogP contribution < -0.4 is 0 Å². The second-order valence-electron chi connectivity index (χ2n) is 6.92. The van der Waals surface area contributed by atoms with Crippen molar-refractivity contribution < 1.29 is 9.90 Å². The van der Waals surface area contributed by atoms with E-state index in [1.165, 1.54) is 11.1 Å². The molecule has 2 aliphatic carbocycles. The molecule has 1 aromatic rings. The molecule has 0 fully saturated rings. The van der Waals surface area contributed by atoms with Crippen LogP contribution in [0.3, 0.4) is 0 Å². The van der Waals surface area contributed by atoms with Crippen molar-refractivity contribution in [2.75, 3.05) is 0 Å². The predicted molar refractivity (Wildman–Crippen MR) is 80.9 cm³/mol. The maximum atomic E-state index is 12.5. The molecule has 0 spiro atoms. The smallest absolute Gasteiger partial charge is 0.168 e. The van der Waals surface area contributed by atoms with E-state index in [0.29, 0.717) is 17.9 Å². The van der Waals surface area contributed by atoms with Crippen LogP contribution in [0.25, 0.3) is 5.57 Å². The van der Waals surface area contributed by atoms with E-state index < -0.39 is 0 Å². The van der Waals surface area contributed by atoms with E-state index in [9.17, 15) is 9.90 Å². The number of phenols is 1. The molecule has 1 unspecified atom stereocenters. The molecule has 0 amide bonds. The van der Waals surface area contributed by atoms with Crippen LogP contribution in [0.15, 0.2) is 17.7 Å². The SMILES string of the molecule is Cc1cc(O)c2c(c1)C1=C(C(C)C)CCC1(C)CC2=O. The van der Waals surface area contributed by atoms with E-state index in [0.717, 1.165) is 24.0 Å². The Bertz CT molecular complexity index is 637. The zero-order valence-corrected chi connectivity index (χ0v) is 12.7. The first-order valence-electron chi connectivity index (χ1n) is 7.44. The van der Waals surface area contributed by atoms with Gasteiger partial charge in [0.15, 0.2) is 5.78 Å². The van der Waals surface area contributed by atoms with Gasteiger partial charge in [-0.3, -0.25) is 4.79 Å². The first-order chi connectivity index (χ1) is 9.33. The van der Waals surface area contributed by atoms with Gasteiger partial charge >= 0.3 is 0 Å². The highest BCUT2D eigenvalue weighted by Crippen LogP contribution is 2.57. The van der Waals surface area contributed by atoms with Crippen molar-refractivity contribution in [1.29, 1.82) is 0 Å². The van der Waals surface area contributed by atoms with E-state index in [2.05, 4.69) is 26.8 Å². The Labute approximate surface area is 120 Å². The molecule has 2 heteroatoms. The molecule has 0 aromatic heterocycles. The fourth-order valence-corrected chi connectivity index (χ4v) is 4.00. The third-order valence-corrected chi connectivity index (χ3v) is 4.93. The summed E-state index contributed by atoms with van der Waals surface area (Å²) in [4.78, 5) is 12.5. The minimum atomic E-state index is -0.0378. The highest BCUT2D eigenvalue weighted by Gasteiger charge is 2.45. The third kappa shape index (κ3) is 1.74. The predicted octanol–water partition coefficient (Wildman–Crippen LogP) is 4.50. The summed E-state index contributed by atoms with van der Waals surface area (Å²) >= 11 is 0. The van der Waals surface area contributed by atoms with Crippen LogP contribution in [0, 0.1) is 18.3 Å². The Morgan fingerprint density at radius 2 is 2.00 bits per heavy atom. The van der Waals surface area contributed by atoms with Gasteiger partial charge < -0.3 is 5.11 Å². The van der Waals surface area contributed by atoms with Crippen LogP contribution in [0.1, 0.15) is 61.5 Å². The number of hydrogen-bond donors (Lipinski definition) is 1. The molecule has 0 heterocycles. The number of benzene rings is 1. The van der Waals surface area contributed by atoms with E-state index in [4.69, 9.17) is 0 Å². The minimum absolute atomic E-state index is 0.0378. The van der Waals surface area contributed by atoms with Crippen LogP contribution >= 0.6 is 0 Å². The molecule has 0 bridgehead atoms. The van der Waals surface area contributed by atoms with Gasteiger partial charge in [0.25, 0.3) is 0 Å². The standard InChI is InChI=1S/C18H22O2/c1-10(2)12-5-6-18(4)9-15(20)16-13(17(12)18)7-11(3)8-14(16)19/h7-8,10,19H,5-6,9H2,1-4H3. The summed E-state index contributed by atoms with van der Waals surface area (Å²) in [7, 11) is 0. The Balaban J connectivity index is 2.35. The van der Waals surface area contributed by atoms with Gasteiger partial charge in [0.1, 0.15) is 5.75 Å². The van der Waals surface area contributed by atoms with Crippen molar-refractivity contribution in [3.63, 3.8) is 0 Å². The summed E-state index contributed by atoms with van der Waals surface area (Å²) in [5, 5.41) is 10.2. The Morgan fingerprint density at radius 3 is 2.65 bits per heavy atom. The number of allylic oxidation sites excluding steroid dienone is 2.